The lowest BCUT2D eigenvalue weighted by Gasteiger charge is -2.46. The van der Waals surface area contributed by atoms with Gasteiger partial charge in [0.25, 0.3) is 0 Å². The highest BCUT2D eigenvalue weighted by atomic mass is 14.5. The van der Waals surface area contributed by atoms with E-state index in [0.29, 0.717) is 6.42 Å². The smallest absolute Gasteiger partial charge is 0.0794 e. The first kappa shape index (κ1) is 18.3. The van der Waals surface area contributed by atoms with Crippen LogP contribution in [-0.2, 0) is 0 Å². The summed E-state index contributed by atoms with van der Waals surface area (Å²) in [5, 5.41) is 9.93. The Balaban J connectivity index is 2.58. The second-order valence-corrected chi connectivity index (χ2v) is 7.28. The van der Waals surface area contributed by atoms with Gasteiger partial charge in [0.1, 0.15) is 0 Å². The Labute approximate surface area is 147 Å². The van der Waals surface area contributed by atoms with Crippen LogP contribution in [0.3, 0.4) is 0 Å². The van der Waals surface area contributed by atoms with Crippen LogP contribution < -0.4 is 0 Å². The minimum Gasteiger partial charge on any atom is -0.197 e. The summed E-state index contributed by atoms with van der Waals surface area (Å²) in [7, 11) is 0. The summed E-state index contributed by atoms with van der Waals surface area (Å²) < 4.78 is 0. The third kappa shape index (κ3) is 3.39. The molecule has 126 valence electrons. The Morgan fingerprint density at radius 1 is 1.38 bits per heavy atom. The molecule has 2 rings (SSSR count). The first-order valence-electron chi connectivity index (χ1n) is 8.93. The van der Waals surface area contributed by atoms with E-state index < -0.39 is 5.41 Å². The first-order valence-corrected chi connectivity index (χ1v) is 8.93. The van der Waals surface area contributed by atoms with Crippen LogP contribution in [0, 0.1) is 22.2 Å². The van der Waals surface area contributed by atoms with Crippen LogP contribution in [0.5, 0.6) is 0 Å². The zero-order chi connectivity index (χ0) is 17.6. The number of rotatable bonds is 6. The van der Waals surface area contributed by atoms with Gasteiger partial charge in [-0.05, 0) is 50.7 Å². The summed E-state index contributed by atoms with van der Waals surface area (Å²) in [6, 6.07) is 13.3. The Kier molecular flexibility index (Phi) is 5.84. The van der Waals surface area contributed by atoms with E-state index in [1.807, 2.05) is 6.08 Å². The molecule has 1 nitrogen and oxygen atoms in total. The maximum atomic E-state index is 9.93. The molecule has 1 aliphatic rings. The van der Waals surface area contributed by atoms with Crippen LogP contribution in [0.1, 0.15) is 57.9 Å². The second-order valence-electron chi connectivity index (χ2n) is 7.28. The van der Waals surface area contributed by atoms with Gasteiger partial charge in [0.2, 0.25) is 0 Å². The summed E-state index contributed by atoms with van der Waals surface area (Å²) in [5.74, 6) is 0.285. The predicted octanol–water partition coefficient (Wildman–Crippen LogP) is 6.57. The summed E-state index contributed by atoms with van der Waals surface area (Å²) in [6.07, 6.45) is 12.7. The fourth-order valence-corrected chi connectivity index (χ4v) is 4.31. The molecule has 0 amide bonds. The highest BCUT2D eigenvalue weighted by molar-refractivity contribution is 5.39. The molecule has 0 saturated heterocycles. The molecule has 1 aromatic rings. The molecule has 1 aromatic carbocycles. The standard InChI is InChI=1S/C23H29N/c1-5-12-20(19-13-8-7-9-14-19)23(4)17-11-10-15-21(23)22(3,18-24)16-6-2/h5-9,12-15,20H,2,10-11,16-17H2,1,3-4H3/b12-5+. The molecule has 0 fully saturated rings. The zero-order valence-electron chi connectivity index (χ0n) is 15.3. The molecule has 0 bridgehead atoms. The summed E-state index contributed by atoms with van der Waals surface area (Å²) in [6.45, 7) is 10.4. The summed E-state index contributed by atoms with van der Waals surface area (Å²) in [4.78, 5) is 0. The van der Waals surface area contributed by atoms with Gasteiger partial charge in [-0.2, -0.15) is 5.26 Å². The zero-order valence-corrected chi connectivity index (χ0v) is 15.3. The highest BCUT2D eigenvalue weighted by Crippen LogP contribution is 2.55. The Bertz CT molecular complexity index is 661. The fraction of sp³-hybridized carbons (Fsp3) is 0.435. The number of allylic oxidation sites excluding steroid dienone is 5. The van der Waals surface area contributed by atoms with Gasteiger partial charge in [-0.3, -0.25) is 0 Å². The average molecular weight is 319 g/mol. The third-order valence-corrected chi connectivity index (χ3v) is 5.49. The monoisotopic (exact) mass is 319 g/mol. The lowest BCUT2D eigenvalue weighted by atomic mass is 9.56. The van der Waals surface area contributed by atoms with E-state index in [1.54, 1.807) is 0 Å². The molecule has 1 heteroatoms. The van der Waals surface area contributed by atoms with Crippen LogP contribution in [0.2, 0.25) is 0 Å². The van der Waals surface area contributed by atoms with Crippen molar-refractivity contribution in [2.24, 2.45) is 10.8 Å². The molecule has 0 heterocycles. The van der Waals surface area contributed by atoms with Crippen molar-refractivity contribution in [3.8, 4) is 6.07 Å². The highest BCUT2D eigenvalue weighted by Gasteiger charge is 2.45. The van der Waals surface area contributed by atoms with Gasteiger partial charge in [0.15, 0.2) is 0 Å². The number of nitriles is 1. The molecule has 3 unspecified atom stereocenters. The lowest BCUT2D eigenvalue weighted by Crippen LogP contribution is -2.36. The van der Waals surface area contributed by atoms with Crippen molar-refractivity contribution in [2.45, 2.75) is 52.4 Å². The Morgan fingerprint density at radius 3 is 2.67 bits per heavy atom. The number of hydrogen-bond donors (Lipinski definition) is 0. The second kappa shape index (κ2) is 7.67. The topological polar surface area (TPSA) is 23.8 Å². The van der Waals surface area contributed by atoms with Crippen molar-refractivity contribution < 1.29 is 0 Å². The van der Waals surface area contributed by atoms with E-state index in [-0.39, 0.29) is 11.3 Å². The van der Waals surface area contributed by atoms with Crippen LogP contribution in [-0.4, -0.2) is 0 Å². The Hall–Kier alpha value is -2.07. The molecule has 0 aromatic heterocycles. The summed E-state index contributed by atoms with van der Waals surface area (Å²) >= 11 is 0. The maximum Gasteiger partial charge on any atom is 0.0794 e. The van der Waals surface area contributed by atoms with E-state index in [9.17, 15) is 5.26 Å². The Morgan fingerprint density at radius 2 is 2.08 bits per heavy atom. The average Bonchev–Trinajstić information content (AvgIpc) is 2.60. The molecule has 0 N–H and O–H groups in total. The van der Waals surface area contributed by atoms with E-state index >= 15 is 0 Å². The number of hydrogen-bond acceptors (Lipinski definition) is 1. The molecule has 0 aliphatic heterocycles. The summed E-state index contributed by atoms with van der Waals surface area (Å²) in [5.41, 5.74) is 2.09. The molecule has 24 heavy (non-hydrogen) atoms. The van der Waals surface area contributed by atoms with E-state index in [1.165, 1.54) is 17.6 Å². The van der Waals surface area contributed by atoms with Crippen LogP contribution in [0.4, 0.5) is 0 Å². The van der Waals surface area contributed by atoms with E-state index in [0.717, 1.165) is 12.8 Å². The van der Waals surface area contributed by atoms with Gasteiger partial charge in [-0.25, -0.2) is 0 Å². The van der Waals surface area contributed by atoms with Crippen molar-refractivity contribution in [3.05, 3.63) is 72.4 Å². The molecular weight excluding hydrogens is 290 g/mol. The largest absolute Gasteiger partial charge is 0.197 e. The lowest BCUT2D eigenvalue weighted by molar-refractivity contribution is 0.251. The third-order valence-electron chi connectivity index (χ3n) is 5.49. The van der Waals surface area contributed by atoms with Gasteiger partial charge in [0.05, 0.1) is 11.5 Å². The maximum absolute atomic E-state index is 9.93. The molecular formula is C23H29N. The minimum atomic E-state index is -0.481. The molecule has 1 aliphatic carbocycles. The molecule has 3 atom stereocenters. The first-order chi connectivity index (χ1) is 11.5. The van der Waals surface area contributed by atoms with Crippen LogP contribution in [0.25, 0.3) is 0 Å². The molecule has 0 radical (unpaired) electrons. The number of nitrogens with zero attached hydrogens (tertiary/aromatic N) is 1. The van der Waals surface area contributed by atoms with Crippen LogP contribution >= 0.6 is 0 Å². The molecule has 0 saturated carbocycles. The van der Waals surface area contributed by atoms with Crippen LogP contribution in [0.15, 0.2) is 66.8 Å². The van der Waals surface area contributed by atoms with Gasteiger partial charge >= 0.3 is 0 Å². The quantitative estimate of drug-likeness (QED) is 0.544. The number of benzene rings is 1. The van der Waals surface area contributed by atoms with Gasteiger partial charge < -0.3 is 0 Å². The molecule has 0 spiro atoms. The van der Waals surface area contributed by atoms with Crippen molar-refractivity contribution >= 4 is 0 Å². The van der Waals surface area contributed by atoms with E-state index in [2.05, 4.69) is 82.0 Å². The van der Waals surface area contributed by atoms with Crippen molar-refractivity contribution in [3.63, 3.8) is 0 Å². The van der Waals surface area contributed by atoms with E-state index in [4.69, 9.17) is 0 Å². The fourth-order valence-electron chi connectivity index (χ4n) is 4.31. The van der Waals surface area contributed by atoms with Gasteiger partial charge in [0, 0.05) is 11.3 Å². The van der Waals surface area contributed by atoms with Gasteiger partial charge in [-0.1, -0.05) is 61.6 Å². The normalized spacial score (nSPS) is 24.7. The van der Waals surface area contributed by atoms with Gasteiger partial charge in [-0.15, -0.1) is 6.58 Å². The SMILES string of the molecule is C=CCC(C)(C#N)C1=CCCCC1(C)C(/C=C/C)c1ccccc1. The minimum absolute atomic E-state index is 0.0421. The van der Waals surface area contributed by atoms with Crippen molar-refractivity contribution in [1.29, 1.82) is 5.26 Å². The predicted molar refractivity (Wildman–Crippen MR) is 103 cm³/mol. The van der Waals surface area contributed by atoms with Crippen molar-refractivity contribution in [2.75, 3.05) is 0 Å². The van der Waals surface area contributed by atoms with Crippen molar-refractivity contribution in [1.82, 2.24) is 0 Å².